The molecule has 6 heteroatoms. The molecule has 0 aromatic heterocycles. The molecule has 1 saturated carbocycles. The van der Waals surface area contributed by atoms with Crippen molar-refractivity contribution in [3.8, 4) is 0 Å². The van der Waals surface area contributed by atoms with Gasteiger partial charge >= 0.3 is 0 Å². The lowest BCUT2D eigenvalue weighted by Crippen LogP contribution is -2.38. The van der Waals surface area contributed by atoms with E-state index in [1.807, 2.05) is 45.9 Å². The van der Waals surface area contributed by atoms with Crippen LogP contribution < -0.4 is 5.32 Å². The van der Waals surface area contributed by atoms with Gasteiger partial charge in [-0.2, -0.15) is 0 Å². The molecule has 5 nitrogen and oxygen atoms in total. The van der Waals surface area contributed by atoms with Crippen molar-refractivity contribution >= 4 is 28.9 Å². The summed E-state index contributed by atoms with van der Waals surface area (Å²) >= 11 is 1.36. The maximum Gasteiger partial charge on any atom is 0.204 e. The summed E-state index contributed by atoms with van der Waals surface area (Å²) in [6, 6.07) is 0.716. The van der Waals surface area contributed by atoms with Gasteiger partial charge in [0.2, 0.25) is 5.78 Å². The maximum absolute atomic E-state index is 11.8. The van der Waals surface area contributed by atoms with Gasteiger partial charge < -0.3 is 10.1 Å². The van der Waals surface area contributed by atoms with Gasteiger partial charge in [0.1, 0.15) is 11.3 Å². The summed E-state index contributed by atoms with van der Waals surface area (Å²) in [6.07, 6.45) is 10.7. The number of Topliss-reactive ketones (excluding diaryl/α,β-unsaturated/α-hetero) is 1. The third kappa shape index (κ3) is 8.71. The molecule has 1 N–H and O–H groups in total. The molecule has 4 atom stereocenters. The molecule has 1 aliphatic heterocycles. The molecule has 1 saturated heterocycles. The largest absolute Gasteiger partial charge is 0.305 e. The van der Waals surface area contributed by atoms with E-state index >= 15 is 0 Å². The van der Waals surface area contributed by atoms with Crippen LogP contribution in [-0.4, -0.2) is 60.0 Å². The van der Waals surface area contributed by atoms with Gasteiger partial charge in [-0.25, -0.2) is 4.99 Å². The van der Waals surface area contributed by atoms with Gasteiger partial charge in [-0.15, -0.1) is 11.8 Å². The van der Waals surface area contributed by atoms with Crippen molar-refractivity contribution in [3.05, 3.63) is 12.8 Å². The molecule has 0 aromatic rings. The quantitative estimate of drug-likeness (QED) is 0.418. The zero-order chi connectivity index (χ0) is 20.8. The van der Waals surface area contributed by atoms with Crippen LogP contribution in [0.25, 0.3) is 0 Å². The average Bonchev–Trinajstić information content (AvgIpc) is 3.15. The number of aldehydes is 1. The van der Waals surface area contributed by atoms with Crippen molar-refractivity contribution in [3.63, 3.8) is 0 Å². The van der Waals surface area contributed by atoms with Gasteiger partial charge in [-0.05, 0) is 52.0 Å². The van der Waals surface area contributed by atoms with E-state index in [0.29, 0.717) is 11.1 Å². The maximum atomic E-state index is 11.8. The van der Waals surface area contributed by atoms with Gasteiger partial charge in [0.25, 0.3) is 0 Å². The lowest BCUT2D eigenvalue weighted by Gasteiger charge is -2.24. The number of likely N-dealkylation sites (N-methyl/N-ethyl adjacent to an activating group) is 1. The van der Waals surface area contributed by atoms with E-state index in [4.69, 9.17) is 0 Å². The molecule has 0 aromatic carbocycles. The number of ketones is 1. The minimum atomic E-state index is -0.119. The van der Waals surface area contributed by atoms with Crippen LogP contribution in [0.5, 0.6) is 0 Å². The van der Waals surface area contributed by atoms with E-state index in [1.165, 1.54) is 43.6 Å². The predicted octanol–water partition coefficient (Wildman–Crippen LogP) is 3.93. The molecule has 27 heavy (non-hydrogen) atoms. The van der Waals surface area contributed by atoms with E-state index < -0.39 is 0 Å². The van der Waals surface area contributed by atoms with Crippen molar-refractivity contribution in [1.29, 1.82) is 0 Å². The van der Waals surface area contributed by atoms with Crippen LogP contribution in [0.3, 0.4) is 0 Å². The van der Waals surface area contributed by atoms with Crippen LogP contribution in [0.1, 0.15) is 59.8 Å². The zero-order valence-electron chi connectivity index (χ0n) is 18.0. The Labute approximate surface area is 170 Å². The normalized spacial score (nSPS) is 25.3. The molecular formula is C21H39N3O2S. The van der Waals surface area contributed by atoms with Crippen molar-refractivity contribution in [2.45, 2.75) is 77.9 Å². The van der Waals surface area contributed by atoms with Crippen molar-refractivity contribution in [2.24, 2.45) is 10.9 Å². The standard InChI is InChI=1S/C10H18N2OS.C9H15NO.C2H6/c1-6-11-10(14-5)9(13)8(3)12(4)7-2;11-6-8-5-7-3-1-2-4-9(7)10-8;1-2/h6,8H,1,7H2,2-5H3;6-10H,1-5H2;1-2H3. The first-order valence-electron chi connectivity index (χ1n) is 10.2. The molecule has 0 bridgehead atoms. The highest BCUT2D eigenvalue weighted by Crippen LogP contribution is 2.32. The van der Waals surface area contributed by atoms with Crippen LogP contribution >= 0.6 is 11.8 Å². The predicted molar refractivity (Wildman–Crippen MR) is 119 cm³/mol. The summed E-state index contributed by atoms with van der Waals surface area (Å²) in [6.45, 7) is 12.2. The average molecular weight is 398 g/mol. The van der Waals surface area contributed by atoms with Crippen LogP contribution in [0.15, 0.2) is 17.8 Å². The first-order valence-corrected chi connectivity index (χ1v) is 11.4. The molecule has 0 radical (unpaired) electrons. The second-order valence-electron chi connectivity index (χ2n) is 6.73. The van der Waals surface area contributed by atoms with Crippen LogP contribution in [0.4, 0.5) is 0 Å². The number of hydrogen-bond acceptors (Lipinski definition) is 6. The van der Waals surface area contributed by atoms with Gasteiger partial charge in [0.05, 0.1) is 12.1 Å². The Hall–Kier alpha value is -0.980. The zero-order valence-corrected chi connectivity index (χ0v) is 18.8. The topological polar surface area (TPSA) is 61.8 Å². The smallest absolute Gasteiger partial charge is 0.204 e. The third-order valence-corrected chi connectivity index (χ3v) is 5.90. The van der Waals surface area contributed by atoms with Crippen LogP contribution in [0, 0.1) is 5.92 Å². The number of nitrogens with zero attached hydrogens (tertiary/aromatic N) is 2. The fraction of sp³-hybridized carbons (Fsp3) is 0.762. The van der Waals surface area contributed by atoms with Gasteiger partial charge in [0.15, 0.2) is 0 Å². The van der Waals surface area contributed by atoms with E-state index in [0.717, 1.165) is 25.2 Å². The number of thioether (sulfide) groups is 1. The second-order valence-corrected chi connectivity index (χ2v) is 7.53. The Morgan fingerprint density at radius 3 is 2.48 bits per heavy atom. The fourth-order valence-electron chi connectivity index (χ4n) is 3.43. The van der Waals surface area contributed by atoms with Gasteiger partial charge in [-0.1, -0.05) is 40.2 Å². The number of hydrogen-bond donors (Lipinski definition) is 1. The lowest BCUT2D eigenvalue weighted by molar-refractivity contribution is -0.116. The Morgan fingerprint density at radius 1 is 1.37 bits per heavy atom. The van der Waals surface area contributed by atoms with Gasteiger partial charge in [0, 0.05) is 12.2 Å². The Bertz CT molecular complexity index is 468. The molecule has 2 fully saturated rings. The Morgan fingerprint density at radius 2 is 2.00 bits per heavy atom. The summed E-state index contributed by atoms with van der Waals surface area (Å²) in [5.74, 6) is 0.862. The minimum Gasteiger partial charge on any atom is -0.305 e. The molecule has 0 spiro atoms. The van der Waals surface area contributed by atoms with E-state index in [9.17, 15) is 9.59 Å². The van der Waals surface area contributed by atoms with Crippen molar-refractivity contribution in [2.75, 3.05) is 19.8 Å². The number of fused-ring (bicyclic) bond motifs is 1. The summed E-state index contributed by atoms with van der Waals surface area (Å²) in [5, 5.41) is 3.90. The molecule has 2 aliphatic rings. The number of rotatable bonds is 6. The van der Waals surface area contributed by atoms with Crippen LogP contribution in [0.2, 0.25) is 0 Å². The Balaban J connectivity index is 0.000000465. The molecule has 1 heterocycles. The number of carbonyl (C=O) groups is 2. The number of nitrogens with one attached hydrogen (secondary N) is 1. The molecular weight excluding hydrogens is 358 g/mol. The number of aliphatic imine (C=N–C) groups is 1. The lowest BCUT2D eigenvalue weighted by atomic mass is 9.85. The summed E-state index contributed by atoms with van der Waals surface area (Å²) in [7, 11) is 1.93. The first kappa shape index (κ1) is 26.0. The molecule has 0 amide bonds. The minimum absolute atomic E-state index is 0.0572. The fourth-order valence-corrected chi connectivity index (χ4v) is 3.98. The van der Waals surface area contributed by atoms with Gasteiger partial charge in [-0.3, -0.25) is 9.69 Å². The van der Waals surface area contributed by atoms with Crippen molar-refractivity contribution < 1.29 is 9.59 Å². The Kier molecular flexibility index (Phi) is 14.5. The molecule has 2 rings (SSSR count). The monoisotopic (exact) mass is 397 g/mol. The molecule has 156 valence electrons. The highest BCUT2D eigenvalue weighted by atomic mass is 32.2. The summed E-state index contributed by atoms with van der Waals surface area (Å²) < 4.78 is 0. The highest BCUT2D eigenvalue weighted by molar-refractivity contribution is 8.15. The first-order chi connectivity index (χ1) is 13.0. The molecule has 1 aliphatic carbocycles. The molecule has 4 unspecified atom stereocenters. The third-order valence-electron chi connectivity index (χ3n) is 5.21. The SMILES string of the molecule is C=CN=C(SC)C(=O)C(C)N(C)CC.CC.O=CC1CC2CCCCC2N1. The summed E-state index contributed by atoms with van der Waals surface area (Å²) in [4.78, 5) is 28.2. The summed E-state index contributed by atoms with van der Waals surface area (Å²) in [5.41, 5.74) is 0. The van der Waals surface area contributed by atoms with E-state index in [1.54, 1.807) is 0 Å². The van der Waals surface area contributed by atoms with E-state index in [-0.39, 0.29) is 17.9 Å². The highest BCUT2D eigenvalue weighted by Gasteiger charge is 2.34. The number of carbonyl (C=O) groups excluding carboxylic acids is 2. The second kappa shape index (κ2) is 15.0. The van der Waals surface area contributed by atoms with E-state index in [2.05, 4.69) is 16.9 Å². The van der Waals surface area contributed by atoms with Crippen LogP contribution in [-0.2, 0) is 9.59 Å². The van der Waals surface area contributed by atoms with Crippen molar-refractivity contribution in [1.82, 2.24) is 10.2 Å².